The zero-order chi connectivity index (χ0) is 18.1. The molecule has 0 saturated carbocycles. The molecule has 1 aromatic heterocycles. The maximum atomic E-state index is 13.8. The first kappa shape index (κ1) is 16.6. The van der Waals surface area contributed by atoms with Crippen LogP contribution in [0.2, 0.25) is 0 Å². The lowest BCUT2D eigenvalue weighted by Gasteiger charge is -2.09. The van der Waals surface area contributed by atoms with Crippen molar-refractivity contribution in [3.8, 4) is 11.3 Å². The minimum Gasteiger partial charge on any atom is -0.476 e. The molecule has 3 aromatic rings. The molecule has 0 fully saturated rings. The van der Waals surface area contributed by atoms with E-state index in [1.165, 1.54) is 0 Å². The summed E-state index contributed by atoms with van der Waals surface area (Å²) < 4.78 is 55.0. The second-order valence-electron chi connectivity index (χ2n) is 5.14. The molecule has 9 heteroatoms. The summed E-state index contributed by atoms with van der Waals surface area (Å²) in [6.07, 6.45) is 0. The molecule has 0 spiro atoms. The van der Waals surface area contributed by atoms with Crippen LogP contribution in [-0.2, 0) is 6.54 Å². The zero-order valence-electron chi connectivity index (χ0n) is 12.4. The summed E-state index contributed by atoms with van der Waals surface area (Å²) in [6.45, 7) is -0.378. The van der Waals surface area contributed by atoms with E-state index in [0.29, 0.717) is 6.07 Å². The van der Waals surface area contributed by atoms with E-state index in [9.17, 15) is 27.5 Å². The van der Waals surface area contributed by atoms with Gasteiger partial charge in [-0.05, 0) is 30.3 Å². The molecule has 0 amide bonds. The van der Waals surface area contributed by atoms with Crippen molar-refractivity contribution in [2.75, 3.05) is 0 Å². The normalized spacial score (nSPS) is 10.9. The van der Waals surface area contributed by atoms with Crippen LogP contribution in [0.5, 0.6) is 0 Å². The summed E-state index contributed by atoms with van der Waals surface area (Å²) >= 11 is 0. The van der Waals surface area contributed by atoms with Crippen molar-refractivity contribution in [2.24, 2.45) is 0 Å². The molecule has 128 valence electrons. The van der Waals surface area contributed by atoms with Crippen molar-refractivity contribution >= 4 is 5.97 Å². The SMILES string of the molecule is O=C(O)c1nnn(Cc2cc(F)ccc2F)c1-c1cc(F)cc(F)c1. The van der Waals surface area contributed by atoms with Gasteiger partial charge in [0.2, 0.25) is 0 Å². The average molecular weight is 351 g/mol. The minimum absolute atomic E-state index is 0.125. The average Bonchev–Trinajstić information content (AvgIpc) is 2.94. The largest absolute Gasteiger partial charge is 0.476 e. The quantitative estimate of drug-likeness (QED) is 0.733. The van der Waals surface area contributed by atoms with E-state index in [1.807, 2.05) is 0 Å². The third kappa shape index (κ3) is 3.35. The molecule has 0 bridgehead atoms. The third-order valence-corrected chi connectivity index (χ3v) is 3.40. The van der Waals surface area contributed by atoms with E-state index in [4.69, 9.17) is 0 Å². The summed E-state index contributed by atoms with van der Waals surface area (Å²) in [4.78, 5) is 11.3. The van der Waals surface area contributed by atoms with Crippen molar-refractivity contribution in [3.05, 3.63) is 70.9 Å². The molecule has 0 saturated heterocycles. The Morgan fingerprint density at radius 3 is 2.32 bits per heavy atom. The van der Waals surface area contributed by atoms with Crippen molar-refractivity contribution in [1.82, 2.24) is 15.0 Å². The molecule has 0 radical (unpaired) electrons. The fourth-order valence-electron chi connectivity index (χ4n) is 2.37. The van der Waals surface area contributed by atoms with Crippen LogP contribution in [0.15, 0.2) is 36.4 Å². The molecule has 5 nitrogen and oxygen atoms in total. The first-order valence-electron chi connectivity index (χ1n) is 6.92. The highest BCUT2D eigenvalue weighted by molar-refractivity contribution is 5.92. The Labute approximate surface area is 138 Å². The first-order chi connectivity index (χ1) is 11.8. The molecule has 25 heavy (non-hydrogen) atoms. The molecule has 0 aliphatic rings. The van der Waals surface area contributed by atoms with Gasteiger partial charge in [-0.3, -0.25) is 0 Å². The lowest BCUT2D eigenvalue weighted by Crippen LogP contribution is -2.08. The Morgan fingerprint density at radius 1 is 1.00 bits per heavy atom. The summed E-state index contributed by atoms with van der Waals surface area (Å²) in [5, 5.41) is 16.2. The maximum absolute atomic E-state index is 13.8. The second kappa shape index (κ2) is 6.34. The van der Waals surface area contributed by atoms with Gasteiger partial charge in [0.25, 0.3) is 0 Å². The third-order valence-electron chi connectivity index (χ3n) is 3.40. The van der Waals surface area contributed by atoms with Crippen molar-refractivity contribution in [1.29, 1.82) is 0 Å². The Morgan fingerprint density at radius 2 is 1.68 bits per heavy atom. The van der Waals surface area contributed by atoms with Gasteiger partial charge in [-0.15, -0.1) is 5.10 Å². The van der Waals surface area contributed by atoms with Gasteiger partial charge in [-0.1, -0.05) is 5.21 Å². The summed E-state index contributed by atoms with van der Waals surface area (Å²) in [7, 11) is 0. The molecule has 1 heterocycles. The highest BCUT2D eigenvalue weighted by Crippen LogP contribution is 2.25. The van der Waals surface area contributed by atoms with E-state index in [1.54, 1.807) is 0 Å². The highest BCUT2D eigenvalue weighted by Gasteiger charge is 2.22. The van der Waals surface area contributed by atoms with E-state index < -0.39 is 34.9 Å². The summed E-state index contributed by atoms with van der Waals surface area (Å²) in [5.74, 6) is -4.80. The van der Waals surface area contributed by atoms with E-state index >= 15 is 0 Å². The number of carboxylic acids is 1. The lowest BCUT2D eigenvalue weighted by molar-refractivity contribution is 0.0691. The number of benzene rings is 2. The standard InChI is InChI=1S/C16H9F4N3O2/c17-10-1-2-13(20)9(5-10)7-23-15(14(16(24)25)21-22-23)8-3-11(18)6-12(19)4-8/h1-6H,7H2,(H,24,25). The molecule has 0 unspecified atom stereocenters. The highest BCUT2D eigenvalue weighted by atomic mass is 19.1. The Kier molecular flexibility index (Phi) is 4.22. The number of aromatic carboxylic acids is 1. The van der Waals surface area contributed by atoms with Crippen molar-refractivity contribution in [3.63, 3.8) is 0 Å². The zero-order valence-corrected chi connectivity index (χ0v) is 12.4. The summed E-state index contributed by atoms with van der Waals surface area (Å²) in [6, 6.07) is 5.14. The molecule has 0 aliphatic carbocycles. The molecule has 0 atom stereocenters. The molecular formula is C16H9F4N3O2. The lowest BCUT2D eigenvalue weighted by atomic mass is 10.1. The number of rotatable bonds is 4. The number of nitrogens with zero attached hydrogens (tertiary/aromatic N) is 3. The van der Waals surface area contributed by atoms with Gasteiger partial charge in [0.1, 0.15) is 29.0 Å². The fraction of sp³-hybridized carbons (Fsp3) is 0.0625. The van der Waals surface area contributed by atoms with E-state index in [2.05, 4.69) is 10.3 Å². The molecule has 1 N–H and O–H groups in total. The minimum atomic E-state index is -1.48. The number of hydrogen-bond donors (Lipinski definition) is 1. The van der Waals surface area contributed by atoms with Gasteiger partial charge < -0.3 is 5.11 Å². The molecule has 2 aromatic carbocycles. The predicted molar refractivity (Wildman–Crippen MR) is 77.8 cm³/mol. The van der Waals surface area contributed by atoms with Gasteiger partial charge in [0, 0.05) is 17.2 Å². The van der Waals surface area contributed by atoms with Gasteiger partial charge >= 0.3 is 5.97 Å². The molecule has 3 rings (SSSR count). The topological polar surface area (TPSA) is 68.0 Å². The number of halogens is 4. The Balaban J connectivity index is 2.15. The number of aromatic nitrogens is 3. The van der Waals surface area contributed by atoms with Crippen LogP contribution < -0.4 is 0 Å². The van der Waals surface area contributed by atoms with Crippen LogP contribution in [0.4, 0.5) is 17.6 Å². The van der Waals surface area contributed by atoms with Gasteiger partial charge in [-0.25, -0.2) is 27.0 Å². The van der Waals surface area contributed by atoms with Crippen LogP contribution in [-0.4, -0.2) is 26.1 Å². The smallest absolute Gasteiger partial charge is 0.358 e. The van der Waals surface area contributed by atoms with Crippen LogP contribution in [0.1, 0.15) is 16.1 Å². The van der Waals surface area contributed by atoms with Crippen LogP contribution in [0.3, 0.4) is 0 Å². The van der Waals surface area contributed by atoms with E-state index in [-0.39, 0.29) is 23.4 Å². The van der Waals surface area contributed by atoms with Crippen LogP contribution >= 0.6 is 0 Å². The van der Waals surface area contributed by atoms with Gasteiger partial charge in [0.15, 0.2) is 5.69 Å². The van der Waals surface area contributed by atoms with Gasteiger partial charge in [-0.2, -0.15) is 0 Å². The van der Waals surface area contributed by atoms with Crippen molar-refractivity contribution < 1.29 is 27.5 Å². The number of hydrogen-bond acceptors (Lipinski definition) is 3. The monoisotopic (exact) mass is 351 g/mol. The van der Waals surface area contributed by atoms with Crippen LogP contribution in [0, 0.1) is 23.3 Å². The molecule has 0 aliphatic heterocycles. The second-order valence-corrected chi connectivity index (χ2v) is 5.14. The first-order valence-corrected chi connectivity index (χ1v) is 6.92. The number of carbonyl (C=O) groups is 1. The van der Waals surface area contributed by atoms with Crippen LogP contribution in [0.25, 0.3) is 11.3 Å². The molecular weight excluding hydrogens is 342 g/mol. The Hall–Kier alpha value is -3.23. The van der Waals surface area contributed by atoms with E-state index in [0.717, 1.165) is 35.0 Å². The van der Waals surface area contributed by atoms with Crippen molar-refractivity contribution in [2.45, 2.75) is 6.54 Å². The summed E-state index contributed by atoms with van der Waals surface area (Å²) in [5.41, 5.74) is -1.06. The number of carboxylic acid groups (broad SMARTS) is 1. The van der Waals surface area contributed by atoms with Gasteiger partial charge in [0.05, 0.1) is 6.54 Å². The predicted octanol–water partition coefficient (Wildman–Crippen LogP) is 3.25. The Bertz CT molecular complexity index is 952. The maximum Gasteiger partial charge on any atom is 0.358 e. The fourth-order valence-corrected chi connectivity index (χ4v) is 2.37.